The average molecular weight is 633 g/mol. The number of piperidine rings is 1. The molecule has 2 unspecified atom stereocenters. The maximum Gasteiger partial charge on any atom is 0.235 e. The Labute approximate surface area is 266 Å². The van der Waals surface area contributed by atoms with Crippen molar-refractivity contribution in [2.75, 3.05) is 32.5 Å². The van der Waals surface area contributed by atoms with Crippen LogP contribution in [0.2, 0.25) is 0 Å². The number of benzene rings is 2. The van der Waals surface area contributed by atoms with Crippen LogP contribution >= 0.6 is 0 Å². The molecule has 12 heteroatoms. The maximum atomic E-state index is 14.2. The van der Waals surface area contributed by atoms with E-state index in [1.807, 2.05) is 18.2 Å². The van der Waals surface area contributed by atoms with E-state index >= 15 is 0 Å². The number of primary amides is 1. The number of aromatic hydroxyl groups is 1. The Balaban J connectivity index is 1.29. The summed E-state index contributed by atoms with van der Waals surface area (Å²) in [5.41, 5.74) is 4.21. The number of carbonyl (C=O) groups excluding carboxylic acids is 5. The van der Waals surface area contributed by atoms with Crippen molar-refractivity contribution in [2.45, 2.75) is 56.0 Å². The predicted molar refractivity (Wildman–Crippen MR) is 166 cm³/mol. The Kier molecular flexibility index (Phi) is 8.12. The first-order valence-corrected chi connectivity index (χ1v) is 15.7. The number of aliphatic hydroxyl groups is 2. The molecule has 3 fully saturated rings. The van der Waals surface area contributed by atoms with Gasteiger partial charge in [-0.05, 0) is 50.0 Å². The molecule has 4 aliphatic rings. The molecule has 8 atom stereocenters. The molecular formula is C34H40N4O8. The molecule has 6 rings (SSSR count). The van der Waals surface area contributed by atoms with E-state index in [1.165, 1.54) is 24.6 Å². The van der Waals surface area contributed by atoms with E-state index in [0.29, 0.717) is 11.3 Å². The number of phenolic OH excluding ortho intramolecular Hbond substituents is 1. The molecule has 0 spiro atoms. The van der Waals surface area contributed by atoms with Gasteiger partial charge in [-0.2, -0.15) is 0 Å². The van der Waals surface area contributed by atoms with Crippen molar-refractivity contribution in [3.05, 3.63) is 59.2 Å². The molecule has 1 amide bonds. The minimum Gasteiger partial charge on any atom is -0.505 e. The number of nitrogens with zero attached hydrogens (tertiary/aromatic N) is 2. The van der Waals surface area contributed by atoms with Gasteiger partial charge in [0.15, 0.2) is 34.7 Å². The van der Waals surface area contributed by atoms with E-state index in [4.69, 9.17) is 5.73 Å². The van der Waals surface area contributed by atoms with Gasteiger partial charge in [0.25, 0.3) is 0 Å². The van der Waals surface area contributed by atoms with E-state index in [-0.39, 0.29) is 17.4 Å². The highest BCUT2D eigenvalue weighted by Gasteiger charge is 2.72. The number of hydrogen-bond acceptors (Lipinski definition) is 11. The molecule has 244 valence electrons. The molecule has 6 N–H and O–H groups in total. The molecule has 1 aliphatic heterocycles. The van der Waals surface area contributed by atoms with Crippen molar-refractivity contribution >= 4 is 34.7 Å². The summed E-state index contributed by atoms with van der Waals surface area (Å²) in [6.45, 7) is 4.20. The minimum atomic E-state index is -3.02. The van der Waals surface area contributed by atoms with Crippen molar-refractivity contribution in [1.29, 1.82) is 0 Å². The summed E-state index contributed by atoms with van der Waals surface area (Å²) in [7, 11) is 2.93. The van der Waals surface area contributed by atoms with Crippen LogP contribution in [0.4, 0.5) is 5.69 Å². The Morgan fingerprint density at radius 1 is 1.04 bits per heavy atom. The third kappa shape index (κ3) is 4.77. The second-order valence-electron chi connectivity index (χ2n) is 13.5. The first kappa shape index (κ1) is 32.0. The lowest BCUT2D eigenvalue weighted by molar-refractivity contribution is -0.196. The third-order valence-electron chi connectivity index (χ3n) is 10.7. The largest absolute Gasteiger partial charge is 0.505 e. The zero-order valence-corrected chi connectivity index (χ0v) is 26.1. The van der Waals surface area contributed by atoms with Gasteiger partial charge in [0, 0.05) is 31.6 Å². The standard InChI is InChI=1S/C34H40N4O8/c1-16-19-9-10-20(36-18-11-13-38(14-12-18)15-17-7-5-4-6-8-17)27(39)22(19)28(40)23-21(16)29(41)25-26(37(2)3)30(42)24(33(35)45)32(44)34(25,46)31(23)43/h4-10,16,18,21,23-26,29,36,39,41,46H,11-15H2,1-3H3,(H2,35,45)/t16-,21+,23?,24?,25+,26-,29-,34-/m0/s1. The quantitative estimate of drug-likeness (QED) is 0.220. The summed E-state index contributed by atoms with van der Waals surface area (Å²) in [5, 5.41) is 38.4. The molecule has 0 radical (unpaired) electrons. The summed E-state index contributed by atoms with van der Waals surface area (Å²) in [5.74, 6) is -13.3. The smallest absolute Gasteiger partial charge is 0.235 e. The van der Waals surface area contributed by atoms with Crippen LogP contribution in [0.3, 0.4) is 0 Å². The van der Waals surface area contributed by atoms with E-state index in [1.54, 1.807) is 19.1 Å². The van der Waals surface area contributed by atoms with Gasteiger partial charge in [-0.1, -0.05) is 43.3 Å². The van der Waals surface area contributed by atoms with Gasteiger partial charge in [-0.3, -0.25) is 33.8 Å². The van der Waals surface area contributed by atoms with Crippen molar-refractivity contribution in [3.63, 3.8) is 0 Å². The van der Waals surface area contributed by atoms with Crippen LogP contribution in [0.5, 0.6) is 5.75 Å². The summed E-state index contributed by atoms with van der Waals surface area (Å²) >= 11 is 0. The highest BCUT2D eigenvalue weighted by molar-refractivity contribution is 6.32. The fraction of sp³-hybridized carbons (Fsp3) is 0.500. The Morgan fingerprint density at radius 2 is 1.70 bits per heavy atom. The van der Waals surface area contributed by atoms with Crippen LogP contribution in [-0.4, -0.2) is 105 Å². The number of likely N-dealkylation sites (N-methyl/N-ethyl adjacent to an activating group) is 1. The SMILES string of the molecule is C[C@H]1c2ccc(NC3CCN(Cc4ccccc4)CC3)c(O)c2C(=O)C2C(=O)[C@]3(O)C(=O)C(C(N)=O)C(=O)[C@@H](N(C)C)[C@@H]3[C@@H](O)[C@@H]21. The first-order chi connectivity index (χ1) is 21.8. The topological polar surface area (TPSA) is 191 Å². The van der Waals surface area contributed by atoms with Crippen LogP contribution in [-0.2, 0) is 25.7 Å². The Hall–Kier alpha value is -3.97. The van der Waals surface area contributed by atoms with E-state index < -0.39 is 76.4 Å². The number of carbonyl (C=O) groups is 5. The number of amides is 1. The molecule has 1 heterocycles. The molecule has 2 aromatic rings. The molecule has 46 heavy (non-hydrogen) atoms. The van der Waals surface area contributed by atoms with E-state index in [9.17, 15) is 39.3 Å². The molecule has 12 nitrogen and oxygen atoms in total. The number of hydrogen-bond donors (Lipinski definition) is 5. The number of nitrogens with one attached hydrogen (secondary N) is 1. The summed E-state index contributed by atoms with van der Waals surface area (Å²) < 4.78 is 0. The second-order valence-corrected chi connectivity index (χ2v) is 13.5. The molecule has 1 saturated heterocycles. The van der Waals surface area contributed by atoms with Gasteiger partial charge >= 0.3 is 0 Å². The lowest BCUT2D eigenvalue weighted by Crippen LogP contribution is -2.77. The number of nitrogens with two attached hydrogens (primary N) is 1. The third-order valence-corrected chi connectivity index (χ3v) is 10.7. The lowest BCUT2D eigenvalue weighted by Gasteiger charge is -2.56. The van der Waals surface area contributed by atoms with Crippen LogP contribution in [0, 0.1) is 23.7 Å². The highest BCUT2D eigenvalue weighted by atomic mass is 16.3. The molecule has 0 aromatic heterocycles. The van der Waals surface area contributed by atoms with Crippen molar-refractivity contribution < 1.29 is 39.3 Å². The van der Waals surface area contributed by atoms with Crippen LogP contribution in [0.25, 0.3) is 0 Å². The van der Waals surface area contributed by atoms with E-state index in [2.05, 4.69) is 22.3 Å². The molecule has 2 aromatic carbocycles. The minimum absolute atomic E-state index is 0.0190. The zero-order valence-electron chi connectivity index (χ0n) is 26.1. The summed E-state index contributed by atoms with van der Waals surface area (Å²) in [6.07, 6.45) is -0.0614. The summed E-state index contributed by atoms with van der Waals surface area (Å²) in [4.78, 5) is 71.1. The molecule has 2 saturated carbocycles. The number of Topliss-reactive ketones (excluding diaryl/α,β-unsaturated/α-hetero) is 4. The number of rotatable bonds is 6. The van der Waals surface area contributed by atoms with Gasteiger partial charge in [-0.15, -0.1) is 0 Å². The van der Waals surface area contributed by atoms with Crippen LogP contribution in [0.15, 0.2) is 42.5 Å². The Bertz CT molecular complexity index is 1600. The second kappa shape index (κ2) is 11.7. The van der Waals surface area contributed by atoms with Gasteiger partial charge < -0.3 is 26.4 Å². The number of fused-ring (bicyclic) bond motifs is 3. The predicted octanol–water partition coefficient (Wildman–Crippen LogP) is 0.475. The van der Waals surface area contributed by atoms with Crippen molar-refractivity contribution in [1.82, 2.24) is 9.80 Å². The molecule has 3 aliphatic carbocycles. The van der Waals surface area contributed by atoms with Crippen LogP contribution in [0.1, 0.15) is 47.2 Å². The fourth-order valence-electron chi connectivity index (χ4n) is 8.40. The molecule has 0 bridgehead atoms. The van der Waals surface area contributed by atoms with Crippen LogP contribution < -0.4 is 11.1 Å². The number of ketones is 4. The van der Waals surface area contributed by atoms with Gasteiger partial charge in [0.05, 0.1) is 35.2 Å². The van der Waals surface area contributed by atoms with Crippen molar-refractivity contribution in [2.24, 2.45) is 29.4 Å². The first-order valence-electron chi connectivity index (χ1n) is 15.7. The number of aliphatic hydroxyl groups excluding tert-OH is 1. The Morgan fingerprint density at radius 3 is 2.30 bits per heavy atom. The average Bonchev–Trinajstić information content (AvgIpc) is 3.01. The number of anilines is 1. The van der Waals surface area contributed by atoms with Crippen molar-refractivity contribution in [3.8, 4) is 5.75 Å². The fourth-order valence-corrected chi connectivity index (χ4v) is 8.40. The number of phenols is 1. The monoisotopic (exact) mass is 632 g/mol. The highest BCUT2D eigenvalue weighted by Crippen LogP contribution is 2.55. The van der Waals surface area contributed by atoms with Gasteiger partial charge in [0.1, 0.15) is 5.75 Å². The molecular weight excluding hydrogens is 592 g/mol. The maximum absolute atomic E-state index is 14.2. The normalized spacial score (nSPS) is 33.4. The summed E-state index contributed by atoms with van der Waals surface area (Å²) in [6, 6.07) is 12.2. The van der Waals surface area contributed by atoms with Gasteiger partial charge in [0.2, 0.25) is 5.91 Å². The zero-order chi connectivity index (χ0) is 33.2. The lowest BCUT2D eigenvalue weighted by atomic mass is 9.49. The van der Waals surface area contributed by atoms with E-state index in [0.717, 1.165) is 32.5 Å². The van der Waals surface area contributed by atoms with Gasteiger partial charge in [-0.25, -0.2) is 0 Å². The number of likely N-dealkylation sites (tertiary alicyclic amines) is 1.